The van der Waals surface area contributed by atoms with Gasteiger partial charge in [-0.05, 0) is 42.8 Å². The minimum atomic E-state index is 0.932. The first-order valence-corrected chi connectivity index (χ1v) is 7.76. The van der Waals surface area contributed by atoms with Crippen LogP contribution in [0.4, 0.5) is 5.69 Å². The molecule has 1 N–H and O–H groups in total. The van der Waals surface area contributed by atoms with Crippen LogP contribution in [0.15, 0.2) is 48.8 Å². The van der Waals surface area contributed by atoms with Gasteiger partial charge in [-0.25, -0.2) is 0 Å². The van der Waals surface area contributed by atoms with Crippen molar-refractivity contribution in [1.29, 1.82) is 0 Å². The molecule has 21 heavy (non-hydrogen) atoms. The van der Waals surface area contributed by atoms with Gasteiger partial charge in [0.2, 0.25) is 0 Å². The summed E-state index contributed by atoms with van der Waals surface area (Å²) in [5, 5.41) is 3.39. The van der Waals surface area contributed by atoms with E-state index >= 15 is 0 Å². The Morgan fingerprint density at radius 1 is 1.00 bits per heavy atom. The van der Waals surface area contributed by atoms with Gasteiger partial charge >= 0.3 is 0 Å². The van der Waals surface area contributed by atoms with Crippen molar-refractivity contribution in [2.24, 2.45) is 0 Å². The maximum absolute atomic E-state index is 4.10. The lowest BCUT2D eigenvalue weighted by atomic mass is 10.1. The standard InChI is InChI=1S/C18H25N3/c1-3-21(4-2)15-17-9-7-16(8-10-17)11-13-20-18-6-5-12-19-14-18/h5-10,12,14,20H,3-4,11,13,15H2,1-2H3. The molecule has 1 aromatic carbocycles. The fraction of sp³-hybridized carbons (Fsp3) is 0.389. The van der Waals surface area contributed by atoms with Gasteiger partial charge in [0.05, 0.1) is 5.69 Å². The van der Waals surface area contributed by atoms with Gasteiger partial charge in [0.25, 0.3) is 0 Å². The molecule has 0 amide bonds. The summed E-state index contributed by atoms with van der Waals surface area (Å²) in [4.78, 5) is 6.53. The maximum atomic E-state index is 4.10. The Morgan fingerprint density at radius 3 is 2.33 bits per heavy atom. The van der Waals surface area contributed by atoms with E-state index in [1.807, 2.05) is 18.3 Å². The molecule has 1 aromatic heterocycles. The Hall–Kier alpha value is -1.87. The summed E-state index contributed by atoms with van der Waals surface area (Å²) < 4.78 is 0. The monoisotopic (exact) mass is 283 g/mol. The third kappa shape index (κ3) is 5.20. The van der Waals surface area contributed by atoms with E-state index in [4.69, 9.17) is 0 Å². The van der Waals surface area contributed by atoms with Crippen LogP contribution in [0, 0.1) is 0 Å². The van der Waals surface area contributed by atoms with E-state index in [0.717, 1.165) is 38.3 Å². The molecule has 0 fully saturated rings. The van der Waals surface area contributed by atoms with E-state index < -0.39 is 0 Å². The second kappa shape index (κ2) is 8.42. The quantitative estimate of drug-likeness (QED) is 0.802. The first kappa shape index (κ1) is 15.5. The summed E-state index contributed by atoms with van der Waals surface area (Å²) in [6.07, 6.45) is 4.67. The normalized spacial score (nSPS) is 10.8. The highest BCUT2D eigenvalue weighted by atomic mass is 15.1. The van der Waals surface area contributed by atoms with Crippen molar-refractivity contribution < 1.29 is 0 Å². The predicted molar refractivity (Wildman–Crippen MR) is 89.5 cm³/mol. The molecule has 1 heterocycles. The van der Waals surface area contributed by atoms with Crippen molar-refractivity contribution in [2.75, 3.05) is 25.0 Å². The molecular weight excluding hydrogens is 258 g/mol. The van der Waals surface area contributed by atoms with Crippen LogP contribution in [0.1, 0.15) is 25.0 Å². The second-order valence-corrected chi connectivity index (χ2v) is 5.20. The second-order valence-electron chi connectivity index (χ2n) is 5.20. The smallest absolute Gasteiger partial charge is 0.0526 e. The van der Waals surface area contributed by atoms with Crippen LogP contribution in [0.2, 0.25) is 0 Å². The Kier molecular flexibility index (Phi) is 6.22. The number of hydrogen-bond acceptors (Lipinski definition) is 3. The van der Waals surface area contributed by atoms with E-state index in [2.05, 4.69) is 53.3 Å². The van der Waals surface area contributed by atoms with Crippen LogP contribution >= 0.6 is 0 Å². The predicted octanol–water partition coefficient (Wildman–Crippen LogP) is 3.58. The summed E-state index contributed by atoms with van der Waals surface area (Å²) in [7, 11) is 0. The first-order valence-electron chi connectivity index (χ1n) is 7.76. The molecule has 3 nitrogen and oxygen atoms in total. The van der Waals surface area contributed by atoms with Crippen molar-refractivity contribution in [3.05, 3.63) is 59.9 Å². The third-order valence-electron chi connectivity index (χ3n) is 3.73. The summed E-state index contributed by atoms with van der Waals surface area (Å²) in [5.74, 6) is 0. The number of nitrogens with one attached hydrogen (secondary N) is 1. The molecule has 0 aliphatic rings. The van der Waals surface area contributed by atoms with E-state index in [0.29, 0.717) is 0 Å². The van der Waals surface area contributed by atoms with Crippen LogP contribution in [0.5, 0.6) is 0 Å². The number of anilines is 1. The number of aromatic nitrogens is 1. The van der Waals surface area contributed by atoms with Crippen LogP contribution in [-0.4, -0.2) is 29.5 Å². The van der Waals surface area contributed by atoms with E-state index in [-0.39, 0.29) is 0 Å². The molecule has 0 saturated carbocycles. The molecule has 112 valence electrons. The average Bonchev–Trinajstić information content (AvgIpc) is 2.55. The largest absolute Gasteiger partial charge is 0.383 e. The van der Waals surface area contributed by atoms with Gasteiger partial charge in [-0.2, -0.15) is 0 Å². The molecule has 3 heteroatoms. The highest BCUT2D eigenvalue weighted by Gasteiger charge is 2.01. The fourth-order valence-electron chi connectivity index (χ4n) is 2.34. The summed E-state index contributed by atoms with van der Waals surface area (Å²) in [6, 6.07) is 13.0. The van der Waals surface area contributed by atoms with Gasteiger partial charge in [0.1, 0.15) is 0 Å². The average molecular weight is 283 g/mol. The van der Waals surface area contributed by atoms with Gasteiger partial charge < -0.3 is 5.32 Å². The third-order valence-corrected chi connectivity index (χ3v) is 3.73. The Bertz CT molecular complexity index is 504. The SMILES string of the molecule is CCN(CC)Cc1ccc(CCNc2cccnc2)cc1. The topological polar surface area (TPSA) is 28.2 Å². The van der Waals surface area contributed by atoms with Crippen molar-refractivity contribution in [3.8, 4) is 0 Å². The van der Waals surface area contributed by atoms with Crippen LogP contribution < -0.4 is 5.32 Å². The highest BCUT2D eigenvalue weighted by molar-refractivity contribution is 5.39. The molecule has 0 aliphatic heterocycles. The molecule has 2 aromatic rings. The molecule has 0 spiro atoms. The molecular formula is C18H25N3. The number of hydrogen-bond donors (Lipinski definition) is 1. The van der Waals surface area contributed by atoms with Crippen LogP contribution in [0.25, 0.3) is 0 Å². The zero-order valence-corrected chi connectivity index (χ0v) is 13.0. The zero-order valence-electron chi connectivity index (χ0n) is 13.0. The number of benzene rings is 1. The van der Waals surface area contributed by atoms with Gasteiger partial charge in [-0.3, -0.25) is 9.88 Å². The lowest BCUT2D eigenvalue weighted by molar-refractivity contribution is 0.296. The molecule has 0 unspecified atom stereocenters. The van der Waals surface area contributed by atoms with Gasteiger partial charge in [0.15, 0.2) is 0 Å². The Morgan fingerprint density at radius 2 is 1.71 bits per heavy atom. The summed E-state index contributed by atoms with van der Waals surface area (Å²) >= 11 is 0. The van der Waals surface area contributed by atoms with Crippen molar-refractivity contribution in [2.45, 2.75) is 26.8 Å². The van der Waals surface area contributed by atoms with E-state index in [1.54, 1.807) is 6.20 Å². The van der Waals surface area contributed by atoms with Crippen LogP contribution in [0.3, 0.4) is 0 Å². The maximum Gasteiger partial charge on any atom is 0.0526 e. The molecule has 2 rings (SSSR count). The van der Waals surface area contributed by atoms with Crippen molar-refractivity contribution in [1.82, 2.24) is 9.88 Å². The fourth-order valence-corrected chi connectivity index (χ4v) is 2.34. The number of rotatable bonds is 8. The minimum absolute atomic E-state index is 0.932. The first-order chi connectivity index (χ1) is 10.3. The summed E-state index contributed by atoms with van der Waals surface area (Å²) in [5.41, 5.74) is 3.84. The van der Waals surface area contributed by atoms with Crippen molar-refractivity contribution >= 4 is 5.69 Å². The van der Waals surface area contributed by atoms with Gasteiger partial charge in [0, 0.05) is 25.5 Å². The lowest BCUT2D eigenvalue weighted by Crippen LogP contribution is -2.22. The van der Waals surface area contributed by atoms with Gasteiger partial charge in [-0.15, -0.1) is 0 Å². The zero-order chi connectivity index (χ0) is 14.9. The minimum Gasteiger partial charge on any atom is -0.383 e. The molecule has 0 aliphatic carbocycles. The van der Waals surface area contributed by atoms with Crippen LogP contribution in [-0.2, 0) is 13.0 Å². The Labute approximate surface area is 128 Å². The molecule has 0 bridgehead atoms. The number of pyridine rings is 1. The highest BCUT2D eigenvalue weighted by Crippen LogP contribution is 2.09. The summed E-state index contributed by atoms with van der Waals surface area (Å²) in [6.45, 7) is 8.60. The molecule has 0 atom stereocenters. The Balaban J connectivity index is 1.79. The molecule has 0 radical (unpaired) electrons. The van der Waals surface area contributed by atoms with Gasteiger partial charge in [-0.1, -0.05) is 38.1 Å². The lowest BCUT2D eigenvalue weighted by Gasteiger charge is -2.18. The van der Waals surface area contributed by atoms with E-state index in [9.17, 15) is 0 Å². The van der Waals surface area contributed by atoms with Crippen molar-refractivity contribution in [3.63, 3.8) is 0 Å². The van der Waals surface area contributed by atoms with E-state index in [1.165, 1.54) is 11.1 Å². The molecule has 0 saturated heterocycles. The number of nitrogens with zero attached hydrogens (tertiary/aromatic N) is 2.